The van der Waals surface area contributed by atoms with Gasteiger partial charge >= 0.3 is 0 Å². The van der Waals surface area contributed by atoms with E-state index < -0.39 is 0 Å². The number of nitrogens with zero attached hydrogens (tertiary/aromatic N) is 3. The first kappa shape index (κ1) is 27.7. The number of rotatable bonds is 2. The van der Waals surface area contributed by atoms with Crippen LogP contribution in [0.5, 0.6) is 0 Å². The van der Waals surface area contributed by atoms with Crippen LogP contribution in [-0.4, -0.2) is 22.5 Å². The first-order valence-electron chi connectivity index (χ1n) is 17.0. The molecule has 236 valence electrons. The molecule has 4 heterocycles. The van der Waals surface area contributed by atoms with Gasteiger partial charge in [0.05, 0.1) is 22.6 Å². The van der Waals surface area contributed by atoms with Gasteiger partial charge in [-0.1, -0.05) is 127 Å². The monoisotopic (exact) mass is 659 g/mol. The molecule has 10 aromatic rings. The highest BCUT2D eigenvalue weighted by atomic mass is 32.1. The van der Waals surface area contributed by atoms with Crippen molar-refractivity contribution in [3.05, 3.63) is 163 Å². The van der Waals surface area contributed by atoms with Crippen molar-refractivity contribution in [1.29, 1.82) is 0 Å². The predicted molar refractivity (Wildman–Crippen MR) is 210 cm³/mol. The van der Waals surface area contributed by atoms with E-state index in [9.17, 15) is 0 Å². The second-order valence-corrected chi connectivity index (χ2v) is 14.2. The molecule has 1 aliphatic rings. The van der Waals surface area contributed by atoms with E-state index >= 15 is 0 Å². The van der Waals surface area contributed by atoms with Crippen LogP contribution in [0.3, 0.4) is 0 Å². The number of aliphatic imine (C=N–C) groups is 1. The topological polar surface area (TPSA) is 33.7 Å². The fourth-order valence-corrected chi connectivity index (χ4v) is 9.57. The van der Waals surface area contributed by atoms with Gasteiger partial charge in [0.15, 0.2) is 0 Å². The minimum Gasteiger partial charge on any atom is -0.438 e. The number of benzene rings is 7. The third-order valence-electron chi connectivity index (χ3n) is 10.4. The van der Waals surface area contributed by atoms with Crippen LogP contribution in [0.1, 0.15) is 17.2 Å². The molecule has 5 heteroatoms. The van der Waals surface area contributed by atoms with Crippen molar-refractivity contribution in [3.63, 3.8) is 0 Å². The third-order valence-corrected chi connectivity index (χ3v) is 11.7. The molecule has 50 heavy (non-hydrogen) atoms. The molecule has 4 nitrogen and oxygen atoms in total. The van der Waals surface area contributed by atoms with Gasteiger partial charge in [0.25, 0.3) is 0 Å². The summed E-state index contributed by atoms with van der Waals surface area (Å²) in [4.78, 5) is 7.79. The molecule has 0 aliphatic carbocycles. The Balaban J connectivity index is 1.26. The SMILES string of the molecule is CN1C(n2c3ccccc3c3c4c5ccccc5sc4c4ccccc4c32)=Nc2oc3ccccc3c2C1c1cccc(-c2ccccc2)c1. The van der Waals surface area contributed by atoms with Gasteiger partial charge in [-0.15, -0.1) is 11.3 Å². The zero-order chi connectivity index (χ0) is 32.9. The Kier molecular flexibility index (Phi) is 5.78. The number of para-hydroxylation sites is 2. The Morgan fingerprint density at radius 2 is 1.28 bits per heavy atom. The van der Waals surface area contributed by atoms with E-state index in [1.807, 2.05) is 23.5 Å². The molecule has 1 unspecified atom stereocenters. The molecule has 0 fully saturated rings. The van der Waals surface area contributed by atoms with Gasteiger partial charge in [0, 0.05) is 54.2 Å². The molecule has 0 N–H and O–H groups in total. The van der Waals surface area contributed by atoms with Gasteiger partial charge in [0.1, 0.15) is 5.58 Å². The van der Waals surface area contributed by atoms with Crippen LogP contribution >= 0.6 is 11.3 Å². The van der Waals surface area contributed by atoms with Crippen molar-refractivity contribution in [3.8, 4) is 11.1 Å². The summed E-state index contributed by atoms with van der Waals surface area (Å²) in [5.74, 6) is 1.49. The molecule has 0 saturated heterocycles. The summed E-state index contributed by atoms with van der Waals surface area (Å²) in [6, 6.07) is 54.2. The lowest BCUT2D eigenvalue weighted by atomic mass is 9.92. The minimum atomic E-state index is -0.141. The molecule has 3 aromatic heterocycles. The number of hydrogen-bond donors (Lipinski definition) is 0. The summed E-state index contributed by atoms with van der Waals surface area (Å²) in [6.45, 7) is 0. The highest BCUT2D eigenvalue weighted by Crippen LogP contribution is 2.50. The largest absolute Gasteiger partial charge is 0.438 e. The van der Waals surface area contributed by atoms with E-state index in [-0.39, 0.29) is 6.04 Å². The average Bonchev–Trinajstić information content (AvgIpc) is 3.85. The molecule has 1 atom stereocenters. The Labute approximate surface area is 291 Å². The van der Waals surface area contributed by atoms with Crippen molar-refractivity contribution in [2.45, 2.75) is 6.04 Å². The molecular formula is C45H29N3OS. The van der Waals surface area contributed by atoms with Crippen LogP contribution in [0.4, 0.5) is 5.88 Å². The molecule has 0 saturated carbocycles. The Bertz CT molecular complexity index is 3020. The standard InChI is InChI=1S/C45H29N3OS/c1-47-41(29-17-13-16-28(26-29)27-14-3-2-4-15-27)40-33-21-8-11-24-36(33)49-44(40)46-45(47)48-35-23-10-7-20-32(35)38-39-34-22-9-12-25-37(34)50-43(39)31-19-6-5-18-30(31)42(38)48/h2-26,41H,1H3. The highest BCUT2D eigenvalue weighted by Gasteiger charge is 2.36. The lowest BCUT2D eigenvalue weighted by Crippen LogP contribution is -2.38. The fourth-order valence-electron chi connectivity index (χ4n) is 8.32. The first-order valence-corrected chi connectivity index (χ1v) is 17.8. The van der Waals surface area contributed by atoms with Crippen molar-refractivity contribution < 1.29 is 4.42 Å². The Morgan fingerprint density at radius 1 is 0.600 bits per heavy atom. The van der Waals surface area contributed by atoms with E-state index in [1.165, 1.54) is 63.9 Å². The average molecular weight is 660 g/mol. The summed E-state index contributed by atoms with van der Waals surface area (Å²) in [7, 11) is 2.19. The fraction of sp³-hybridized carbons (Fsp3) is 0.0444. The van der Waals surface area contributed by atoms with Crippen LogP contribution in [0, 0.1) is 0 Å². The molecular weight excluding hydrogens is 631 g/mol. The molecule has 1 aliphatic heterocycles. The van der Waals surface area contributed by atoms with E-state index in [0.717, 1.165) is 28.0 Å². The van der Waals surface area contributed by atoms with E-state index in [2.05, 4.69) is 156 Å². The zero-order valence-corrected chi connectivity index (χ0v) is 28.0. The predicted octanol–water partition coefficient (Wildman–Crippen LogP) is 12.3. The summed E-state index contributed by atoms with van der Waals surface area (Å²) < 4.78 is 11.7. The molecule has 0 radical (unpaired) electrons. The number of fused-ring (bicyclic) bond motifs is 13. The van der Waals surface area contributed by atoms with Crippen LogP contribution in [-0.2, 0) is 0 Å². The minimum absolute atomic E-state index is 0.141. The molecule has 0 amide bonds. The van der Waals surface area contributed by atoms with Crippen LogP contribution < -0.4 is 0 Å². The zero-order valence-electron chi connectivity index (χ0n) is 27.2. The van der Waals surface area contributed by atoms with Crippen LogP contribution in [0.2, 0.25) is 0 Å². The van der Waals surface area contributed by atoms with Gasteiger partial charge < -0.3 is 9.32 Å². The van der Waals surface area contributed by atoms with Crippen molar-refractivity contribution in [1.82, 2.24) is 9.47 Å². The Morgan fingerprint density at radius 3 is 2.14 bits per heavy atom. The summed E-state index contributed by atoms with van der Waals surface area (Å²) >= 11 is 1.89. The number of thiophene rings is 1. The number of hydrogen-bond acceptors (Lipinski definition) is 4. The van der Waals surface area contributed by atoms with Gasteiger partial charge in [-0.25, -0.2) is 0 Å². The van der Waals surface area contributed by atoms with E-state index in [4.69, 9.17) is 9.41 Å². The molecule has 11 rings (SSSR count). The van der Waals surface area contributed by atoms with Gasteiger partial charge in [-0.3, -0.25) is 4.57 Å². The Hall–Kier alpha value is -6.17. The quantitative estimate of drug-likeness (QED) is 0.185. The van der Waals surface area contributed by atoms with Gasteiger partial charge in [-0.05, 0) is 41.0 Å². The highest BCUT2D eigenvalue weighted by molar-refractivity contribution is 7.27. The number of aromatic nitrogens is 1. The second-order valence-electron chi connectivity index (χ2n) is 13.2. The smallest absolute Gasteiger partial charge is 0.228 e. The van der Waals surface area contributed by atoms with E-state index in [0.29, 0.717) is 5.88 Å². The molecule has 0 spiro atoms. The maximum atomic E-state index is 6.64. The summed E-state index contributed by atoms with van der Waals surface area (Å²) in [6.07, 6.45) is 0. The maximum absolute atomic E-state index is 6.64. The third kappa shape index (κ3) is 3.78. The second kappa shape index (κ2) is 10.4. The molecule has 7 aromatic carbocycles. The van der Waals surface area contributed by atoms with Crippen LogP contribution in [0.15, 0.2) is 161 Å². The summed E-state index contributed by atoms with van der Waals surface area (Å²) in [5, 5.41) is 8.65. The maximum Gasteiger partial charge on any atom is 0.228 e. The summed E-state index contributed by atoms with van der Waals surface area (Å²) in [5.41, 5.74) is 7.79. The van der Waals surface area contributed by atoms with Gasteiger partial charge in [0.2, 0.25) is 11.8 Å². The van der Waals surface area contributed by atoms with Crippen LogP contribution in [0.25, 0.3) is 74.8 Å². The lowest BCUT2D eigenvalue weighted by molar-refractivity contribution is 0.404. The number of furan rings is 1. The molecule has 0 bridgehead atoms. The van der Waals surface area contributed by atoms with Crippen molar-refractivity contribution in [2.24, 2.45) is 4.99 Å². The van der Waals surface area contributed by atoms with Crippen molar-refractivity contribution >= 4 is 86.9 Å². The first-order chi connectivity index (χ1) is 24.7. The lowest BCUT2D eigenvalue weighted by Gasteiger charge is -2.35. The van der Waals surface area contributed by atoms with E-state index in [1.54, 1.807) is 0 Å². The van der Waals surface area contributed by atoms with Gasteiger partial charge in [-0.2, -0.15) is 4.99 Å². The normalized spacial score (nSPS) is 14.8. The van der Waals surface area contributed by atoms with Crippen molar-refractivity contribution in [2.75, 3.05) is 7.05 Å².